The molecule has 1 N–H and O–H groups in total. The number of carbonyl (C=O) groups is 2. The van der Waals surface area contributed by atoms with Crippen molar-refractivity contribution in [1.82, 2.24) is 4.98 Å². The molecule has 0 saturated carbocycles. The maximum absolute atomic E-state index is 13.5. The summed E-state index contributed by atoms with van der Waals surface area (Å²) < 4.78 is 0. The number of hydrogen-bond acceptors (Lipinski definition) is 5. The predicted molar refractivity (Wildman–Crippen MR) is 123 cm³/mol. The molecule has 1 amide bonds. The Morgan fingerprint density at radius 1 is 1.06 bits per heavy atom. The summed E-state index contributed by atoms with van der Waals surface area (Å²) in [5, 5.41) is 11.6. The van der Waals surface area contributed by atoms with Gasteiger partial charge in [-0.1, -0.05) is 56.3 Å². The standard InChI is InChI=1S/C25H24N2O3S/c1-14(2)17-10-12-19(13-11-17)27-21(18-8-6-5-7-9-18)20(23(29)25(27)30)22(28)24-15(3)26-16(4)31-24/h5-14,21,29H,1-4H3. The highest BCUT2D eigenvalue weighted by Crippen LogP contribution is 2.42. The zero-order chi connectivity index (χ0) is 22.3. The zero-order valence-corrected chi connectivity index (χ0v) is 18.7. The molecule has 31 heavy (non-hydrogen) atoms. The Hall–Kier alpha value is -3.25. The molecule has 3 aromatic rings. The first kappa shape index (κ1) is 21.0. The van der Waals surface area contributed by atoms with Gasteiger partial charge in [-0.15, -0.1) is 11.3 Å². The average Bonchev–Trinajstić information content (AvgIpc) is 3.24. The van der Waals surface area contributed by atoms with E-state index in [2.05, 4.69) is 18.8 Å². The predicted octanol–water partition coefficient (Wildman–Crippen LogP) is 5.67. The number of nitrogens with zero attached hydrogens (tertiary/aromatic N) is 2. The minimum atomic E-state index is -0.715. The van der Waals surface area contributed by atoms with Crippen molar-refractivity contribution in [2.75, 3.05) is 4.90 Å². The molecular weight excluding hydrogens is 408 g/mol. The fraction of sp³-hybridized carbons (Fsp3) is 0.240. The van der Waals surface area contributed by atoms with Crippen molar-refractivity contribution in [2.24, 2.45) is 0 Å². The number of anilines is 1. The van der Waals surface area contributed by atoms with Crippen molar-refractivity contribution >= 4 is 28.7 Å². The van der Waals surface area contributed by atoms with Gasteiger partial charge in [0.1, 0.15) is 0 Å². The highest BCUT2D eigenvalue weighted by molar-refractivity contribution is 7.14. The van der Waals surface area contributed by atoms with Gasteiger partial charge in [-0.05, 0) is 43.0 Å². The number of thiazole rings is 1. The molecule has 4 rings (SSSR count). The number of ketones is 1. The Kier molecular flexibility index (Phi) is 5.50. The van der Waals surface area contributed by atoms with Crippen LogP contribution in [-0.2, 0) is 4.79 Å². The Morgan fingerprint density at radius 2 is 1.71 bits per heavy atom. The van der Waals surface area contributed by atoms with Crippen LogP contribution < -0.4 is 4.90 Å². The number of hydrogen-bond donors (Lipinski definition) is 1. The third kappa shape index (κ3) is 3.68. The number of aryl methyl sites for hydroxylation is 2. The van der Waals surface area contributed by atoms with Gasteiger partial charge in [0.05, 0.1) is 27.2 Å². The number of Topliss-reactive ketones (excluding diaryl/α,β-unsaturated/α-hetero) is 1. The molecule has 1 aliphatic heterocycles. The van der Waals surface area contributed by atoms with Crippen LogP contribution in [0.25, 0.3) is 0 Å². The fourth-order valence-electron chi connectivity index (χ4n) is 3.94. The lowest BCUT2D eigenvalue weighted by Crippen LogP contribution is -2.31. The number of rotatable bonds is 5. The van der Waals surface area contributed by atoms with Crippen LogP contribution in [0.4, 0.5) is 5.69 Å². The lowest BCUT2D eigenvalue weighted by atomic mass is 9.94. The van der Waals surface area contributed by atoms with Crippen molar-refractivity contribution in [1.29, 1.82) is 0 Å². The smallest absolute Gasteiger partial charge is 0.294 e. The first-order valence-corrected chi connectivity index (χ1v) is 11.0. The summed E-state index contributed by atoms with van der Waals surface area (Å²) in [4.78, 5) is 33.0. The SMILES string of the molecule is Cc1nc(C)c(C(=O)C2=C(O)C(=O)N(c3ccc(C(C)C)cc3)C2c2ccccc2)s1. The lowest BCUT2D eigenvalue weighted by molar-refractivity contribution is -0.117. The number of aliphatic hydroxyl groups is 1. The van der Waals surface area contributed by atoms with Crippen LogP contribution in [-0.4, -0.2) is 21.8 Å². The summed E-state index contributed by atoms with van der Waals surface area (Å²) >= 11 is 1.28. The third-order valence-electron chi connectivity index (χ3n) is 5.52. The van der Waals surface area contributed by atoms with Crippen LogP contribution in [0, 0.1) is 13.8 Å². The molecule has 5 nitrogen and oxygen atoms in total. The van der Waals surface area contributed by atoms with Gasteiger partial charge in [-0.2, -0.15) is 0 Å². The minimum Gasteiger partial charge on any atom is -0.503 e. The highest BCUT2D eigenvalue weighted by atomic mass is 32.1. The number of benzene rings is 2. The monoisotopic (exact) mass is 432 g/mol. The van der Waals surface area contributed by atoms with E-state index in [1.165, 1.54) is 16.2 Å². The van der Waals surface area contributed by atoms with E-state index in [0.29, 0.717) is 22.2 Å². The Labute approximate surface area is 185 Å². The molecule has 1 aromatic heterocycles. The number of carbonyl (C=O) groups excluding carboxylic acids is 2. The molecule has 0 fully saturated rings. The normalized spacial score (nSPS) is 16.5. The zero-order valence-electron chi connectivity index (χ0n) is 17.9. The van der Waals surface area contributed by atoms with Gasteiger partial charge in [0.15, 0.2) is 5.76 Å². The second kappa shape index (κ2) is 8.12. The second-order valence-corrected chi connectivity index (χ2v) is 9.18. The van der Waals surface area contributed by atoms with Gasteiger partial charge in [-0.25, -0.2) is 4.98 Å². The molecule has 0 aliphatic carbocycles. The van der Waals surface area contributed by atoms with Gasteiger partial charge in [0, 0.05) is 5.69 Å². The van der Waals surface area contributed by atoms with Crippen LogP contribution >= 0.6 is 11.3 Å². The Morgan fingerprint density at radius 3 is 2.26 bits per heavy atom. The van der Waals surface area contributed by atoms with Crippen LogP contribution in [0.2, 0.25) is 0 Å². The molecule has 0 bridgehead atoms. The first-order chi connectivity index (χ1) is 14.8. The van der Waals surface area contributed by atoms with Crippen molar-refractivity contribution < 1.29 is 14.7 Å². The topological polar surface area (TPSA) is 70.5 Å². The van der Waals surface area contributed by atoms with Gasteiger partial charge >= 0.3 is 0 Å². The summed E-state index contributed by atoms with van der Waals surface area (Å²) in [6.45, 7) is 7.81. The number of amides is 1. The highest BCUT2D eigenvalue weighted by Gasteiger charge is 2.45. The van der Waals surface area contributed by atoms with E-state index in [9.17, 15) is 14.7 Å². The van der Waals surface area contributed by atoms with E-state index in [1.807, 2.05) is 61.5 Å². The Bertz CT molecular complexity index is 1180. The fourth-order valence-corrected chi connectivity index (χ4v) is 4.81. The summed E-state index contributed by atoms with van der Waals surface area (Å²) in [7, 11) is 0. The first-order valence-electron chi connectivity index (χ1n) is 10.2. The second-order valence-electron chi connectivity index (χ2n) is 7.97. The van der Waals surface area contributed by atoms with Crippen LogP contribution in [0.5, 0.6) is 0 Å². The van der Waals surface area contributed by atoms with Crippen molar-refractivity contribution in [3.8, 4) is 0 Å². The van der Waals surface area contributed by atoms with Crippen molar-refractivity contribution in [3.63, 3.8) is 0 Å². The molecule has 0 radical (unpaired) electrons. The van der Waals surface area contributed by atoms with E-state index in [-0.39, 0.29) is 11.4 Å². The molecule has 0 spiro atoms. The molecule has 0 saturated heterocycles. The molecule has 158 valence electrons. The largest absolute Gasteiger partial charge is 0.503 e. The molecule has 1 unspecified atom stereocenters. The molecule has 6 heteroatoms. The van der Waals surface area contributed by atoms with E-state index in [4.69, 9.17) is 0 Å². The van der Waals surface area contributed by atoms with E-state index >= 15 is 0 Å². The van der Waals surface area contributed by atoms with Crippen LogP contribution in [0.1, 0.15) is 57.3 Å². The summed E-state index contributed by atoms with van der Waals surface area (Å²) in [6, 6.07) is 16.3. The van der Waals surface area contributed by atoms with Crippen LogP contribution in [0.15, 0.2) is 65.9 Å². The maximum Gasteiger partial charge on any atom is 0.294 e. The third-order valence-corrected chi connectivity index (χ3v) is 6.59. The molecule has 2 aromatic carbocycles. The maximum atomic E-state index is 13.5. The average molecular weight is 433 g/mol. The van der Waals surface area contributed by atoms with Gasteiger partial charge < -0.3 is 5.11 Å². The summed E-state index contributed by atoms with van der Waals surface area (Å²) in [5.74, 6) is -1.08. The van der Waals surface area contributed by atoms with E-state index < -0.39 is 17.7 Å². The Balaban J connectivity index is 1.85. The van der Waals surface area contributed by atoms with Crippen molar-refractivity contribution in [3.05, 3.63) is 92.6 Å². The molecular formula is C25H24N2O3S. The number of aliphatic hydroxyl groups excluding tert-OH is 1. The number of aromatic nitrogens is 1. The molecule has 1 aliphatic rings. The van der Waals surface area contributed by atoms with Crippen molar-refractivity contribution in [2.45, 2.75) is 39.7 Å². The van der Waals surface area contributed by atoms with Gasteiger partial charge in [0.2, 0.25) is 5.78 Å². The van der Waals surface area contributed by atoms with Gasteiger partial charge in [0.25, 0.3) is 5.91 Å². The van der Waals surface area contributed by atoms with E-state index in [0.717, 1.165) is 16.1 Å². The molecule has 1 atom stereocenters. The lowest BCUT2D eigenvalue weighted by Gasteiger charge is -2.27. The van der Waals surface area contributed by atoms with Crippen LogP contribution in [0.3, 0.4) is 0 Å². The van der Waals surface area contributed by atoms with E-state index in [1.54, 1.807) is 6.92 Å². The summed E-state index contributed by atoms with van der Waals surface area (Å²) in [5.41, 5.74) is 3.24. The molecule has 2 heterocycles. The van der Waals surface area contributed by atoms with Gasteiger partial charge in [-0.3, -0.25) is 14.5 Å². The minimum absolute atomic E-state index is 0.0934. The summed E-state index contributed by atoms with van der Waals surface area (Å²) in [6.07, 6.45) is 0. The quantitative estimate of drug-likeness (QED) is 0.528.